The van der Waals surface area contributed by atoms with Crippen LogP contribution < -0.4 is 0 Å². The quantitative estimate of drug-likeness (QED) is 0.732. The average Bonchev–Trinajstić information content (AvgIpc) is 2.62. The Kier molecular flexibility index (Phi) is 3.50. The molecule has 0 amide bonds. The Morgan fingerprint density at radius 3 is 2.37 bits per heavy atom. The van der Waals surface area contributed by atoms with Crippen LogP contribution in [-0.2, 0) is 18.7 Å². The lowest BCUT2D eigenvalue weighted by molar-refractivity contribution is -0.166. The molecule has 110 valence electrons. The molecule has 0 N–H and O–H groups in total. The third kappa shape index (κ3) is 2.79. The van der Waals surface area contributed by atoms with Gasteiger partial charge in [0.1, 0.15) is 12.2 Å². The SMILES string of the molecule is CC1(C)O[C@@H]2C(=O)CC(O[Si](C)(C)C(C)(C)C)[C@@H]2O1. The van der Waals surface area contributed by atoms with Crippen molar-refractivity contribution in [3.8, 4) is 0 Å². The topological polar surface area (TPSA) is 44.8 Å². The molecule has 0 aromatic heterocycles. The van der Waals surface area contributed by atoms with Crippen molar-refractivity contribution >= 4 is 14.1 Å². The highest BCUT2D eigenvalue weighted by atomic mass is 28.4. The van der Waals surface area contributed by atoms with Crippen LogP contribution in [-0.4, -0.2) is 38.2 Å². The third-order valence-electron chi connectivity index (χ3n) is 4.47. The van der Waals surface area contributed by atoms with E-state index in [9.17, 15) is 4.79 Å². The van der Waals surface area contributed by atoms with Crippen molar-refractivity contribution in [3.63, 3.8) is 0 Å². The molecule has 1 saturated heterocycles. The molecule has 2 rings (SSSR count). The van der Waals surface area contributed by atoms with E-state index in [0.29, 0.717) is 6.42 Å². The predicted molar refractivity (Wildman–Crippen MR) is 75.5 cm³/mol. The van der Waals surface area contributed by atoms with Crippen LogP contribution in [0.5, 0.6) is 0 Å². The lowest BCUT2D eigenvalue weighted by Gasteiger charge is -2.39. The Morgan fingerprint density at radius 1 is 1.26 bits per heavy atom. The van der Waals surface area contributed by atoms with Gasteiger partial charge in [0, 0.05) is 6.42 Å². The Bertz CT molecular complexity index is 383. The summed E-state index contributed by atoms with van der Waals surface area (Å²) in [5.74, 6) is -0.570. The first kappa shape index (κ1) is 15.2. The monoisotopic (exact) mass is 286 g/mol. The van der Waals surface area contributed by atoms with Crippen LogP contribution in [0.25, 0.3) is 0 Å². The van der Waals surface area contributed by atoms with Gasteiger partial charge in [-0.15, -0.1) is 0 Å². The lowest BCUT2D eigenvalue weighted by atomic mass is 10.2. The molecule has 0 bridgehead atoms. The minimum absolute atomic E-state index is 0.110. The zero-order valence-corrected chi connectivity index (χ0v) is 14.1. The van der Waals surface area contributed by atoms with Crippen LogP contribution in [0.1, 0.15) is 41.0 Å². The van der Waals surface area contributed by atoms with Crippen LogP contribution in [0.3, 0.4) is 0 Å². The van der Waals surface area contributed by atoms with Gasteiger partial charge in [-0.05, 0) is 32.0 Å². The van der Waals surface area contributed by atoms with Crippen LogP contribution >= 0.6 is 0 Å². The molecule has 1 aliphatic heterocycles. The minimum atomic E-state index is -1.89. The normalized spacial score (nSPS) is 34.7. The molecular formula is C14H26O4Si. The first-order valence-electron chi connectivity index (χ1n) is 6.99. The van der Waals surface area contributed by atoms with Crippen molar-refractivity contribution in [2.24, 2.45) is 0 Å². The van der Waals surface area contributed by atoms with E-state index >= 15 is 0 Å². The summed E-state index contributed by atoms with van der Waals surface area (Å²) in [6.45, 7) is 14.7. The van der Waals surface area contributed by atoms with Crippen LogP contribution in [0.4, 0.5) is 0 Å². The Balaban J connectivity index is 2.13. The molecular weight excluding hydrogens is 260 g/mol. The van der Waals surface area contributed by atoms with E-state index < -0.39 is 20.2 Å². The highest BCUT2D eigenvalue weighted by Gasteiger charge is 2.56. The minimum Gasteiger partial charge on any atom is -0.411 e. The highest BCUT2D eigenvalue weighted by molar-refractivity contribution is 6.74. The smallest absolute Gasteiger partial charge is 0.192 e. The van der Waals surface area contributed by atoms with E-state index in [0.717, 1.165) is 0 Å². The van der Waals surface area contributed by atoms with E-state index in [4.69, 9.17) is 13.9 Å². The summed E-state index contributed by atoms with van der Waals surface area (Å²) < 4.78 is 17.9. The fourth-order valence-corrected chi connectivity index (χ4v) is 3.73. The zero-order valence-electron chi connectivity index (χ0n) is 13.1. The molecule has 1 heterocycles. The Morgan fingerprint density at radius 2 is 1.84 bits per heavy atom. The maximum Gasteiger partial charge on any atom is 0.192 e. The van der Waals surface area contributed by atoms with Gasteiger partial charge in [0.05, 0.1) is 6.10 Å². The number of ether oxygens (including phenoxy) is 2. The standard InChI is InChI=1S/C14H26O4Si/c1-13(2,3)19(6,7)18-10-8-9(15)11-12(10)17-14(4,5)16-11/h10-12H,8H2,1-7H3/t10?,11-,12+/m1/s1. The molecule has 2 fully saturated rings. The summed E-state index contributed by atoms with van der Waals surface area (Å²) in [7, 11) is -1.89. The summed E-state index contributed by atoms with van der Waals surface area (Å²) in [4.78, 5) is 12.0. The number of Topliss-reactive ketones (excluding diaryl/α,β-unsaturated/α-hetero) is 1. The molecule has 3 atom stereocenters. The largest absolute Gasteiger partial charge is 0.411 e. The summed E-state index contributed by atoms with van der Waals surface area (Å²) >= 11 is 0. The predicted octanol–water partition coefficient (Wildman–Crippen LogP) is 2.87. The molecule has 0 radical (unpaired) electrons. The van der Waals surface area contributed by atoms with E-state index in [1.165, 1.54) is 0 Å². The van der Waals surface area contributed by atoms with Crippen molar-refractivity contribution in [2.45, 2.75) is 83.3 Å². The Hall–Kier alpha value is -0.233. The average molecular weight is 286 g/mol. The number of hydrogen-bond donors (Lipinski definition) is 0. The van der Waals surface area contributed by atoms with Gasteiger partial charge in [0.25, 0.3) is 0 Å². The van der Waals surface area contributed by atoms with E-state index in [-0.39, 0.29) is 23.0 Å². The van der Waals surface area contributed by atoms with Crippen molar-refractivity contribution in [1.82, 2.24) is 0 Å². The van der Waals surface area contributed by atoms with Gasteiger partial charge in [-0.25, -0.2) is 0 Å². The lowest BCUT2D eigenvalue weighted by Crippen LogP contribution is -2.46. The first-order valence-corrected chi connectivity index (χ1v) is 9.90. The van der Waals surface area contributed by atoms with Gasteiger partial charge in [-0.1, -0.05) is 20.8 Å². The maximum atomic E-state index is 12.0. The highest BCUT2D eigenvalue weighted by Crippen LogP contribution is 2.43. The van der Waals surface area contributed by atoms with Crippen LogP contribution in [0.15, 0.2) is 0 Å². The molecule has 1 saturated carbocycles. The molecule has 5 heteroatoms. The number of fused-ring (bicyclic) bond motifs is 1. The molecule has 4 nitrogen and oxygen atoms in total. The summed E-state index contributed by atoms with van der Waals surface area (Å²) in [6, 6.07) is 0. The summed E-state index contributed by atoms with van der Waals surface area (Å²) in [5.41, 5.74) is 0. The molecule has 0 spiro atoms. The van der Waals surface area contributed by atoms with Gasteiger partial charge < -0.3 is 13.9 Å². The fourth-order valence-electron chi connectivity index (χ4n) is 2.40. The van der Waals surface area contributed by atoms with Crippen LogP contribution in [0, 0.1) is 0 Å². The van der Waals surface area contributed by atoms with Crippen molar-refractivity contribution in [3.05, 3.63) is 0 Å². The van der Waals surface area contributed by atoms with Gasteiger partial charge in [0.15, 0.2) is 19.9 Å². The number of carbonyl (C=O) groups excluding carboxylic acids is 1. The second-order valence-electron chi connectivity index (χ2n) is 7.61. The zero-order chi connectivity index (χ0) is 14.6. The Labute approximate surface area is 116 Å². The summed E-state index contributed by atoms with van der Waals surface area (Å²) in [5, 5.41) is 0.128. The van der Waals surface area contributed by atoms with Crippen LogP contribution in [0.2, 0.25) is 18.1 Å². The molecule has 0 aromatic rings. The molecule has 0 aromatic carbocycles. The fraction of sp³-hybridized carbons (Fsp3) is 0.929. The maximum absolute atomic E-state index is 12.0. The molecule has 1 unspecified atom stereocenters. The third-order valence-corrected chi connectivity index (χ3v) is 8.97. The van der Waals surface area contributed by atoms with Gasteiger partial charge >= 0.3 is 0 Å². The van der Waals surface area contributed by atoms with Gasteiger partial charge in [-0.2, -0.15) is 0 Å². The van der Waals surface area contributed by atoms with Gasteiger partial charge in [-0.3, -0.25) is 4.79 Å². The van der Waals surface area contributed by atoms with Crippen molar-refractivity contribution in [2.75, 3.05) is 0 Å². The van der Waals surface area contributed by atoms with E-state index in [1.54, 1.807) is 0 Å². The van der Waals surface area contributed by atoms with Gasteiger partial charge in [0.2, 0.25) is 0 Å². The van der Waals surface area contributed by atoms with Crippen molar-refractivity contribution < 1.29 is 18.7 Å². The number of rotatable bonds is 2. The number of ketones is 1. The van der Waals surface area contributed by atoms with E-state index in [1.807, 2.05) is 13.8 Å². The number of carbonyl (C=O) groups is 1. The van der Waals surface area contributed by atoms with Crippen molar-refractivity contribution in [1.29, 1.82) is 0 Å². The first-order chi connectivity index (χ1) is 8.43. The second kappa shape index (κ2) is 4.38. The summed E-state index contributed by atoms with van der Waals surface area (Å²) in [6.07, 6.45) is -0.417. The molecule has 19 heavy (non-hydrogen) atoms. The second-order valence-corrected chi connectivity index (χ2v) is 12.4. The molecule has 2 aliphatic rings. The number of hydrogen-bond acceptors (Lipinski definition) is 4. The molecule has 1 aliphatic carbocycles. The van der Waals surface area contributed by atoms with E-state index in [2.05, 4.69) is 33.9 Å².